The molecular weight excluding hydrogens is 364 g/mol. The van der Waals surface area contributed by atoms with Crippen molar-refractivity contribution in [1.29, 1.82) is 0 Å². The Morgan fingerprint density at radius 3 is 2.48 bits per heavy atom. The maximum Gasteiger partial charge on any atom is 0.270 e. The number of nitrogens with one attached hydrogen (secondary N) is 3. The number of nitrogens with zero attached hydrogens (tertiary/aromatic N) is 1. The molecule has 2 aliphatic rings. The zero-order chi connectivity index (χ0) is 18.8. The normalized spacial score (nSPS) is 21.6. The molecule has 1 saturated carbocycles. The minimum Gasteiger partial charge on any atom is -0.329 e. The number of hydrogen-bond acceptors (Lipinski definition) is 4. The summed E-state index contributed by atoms with van der Waals surface area (Å²) < 4.78 is 1.86. The summed E-state index contributed by atoms with van der Waals surface area (Å²) in [6.45, 7) is 0. The average Bonchev–Trinajstić information content (AvgIpc) is 2.82. The minimum absolute atomic E-state index is 0.144. The predicted molar refractivity (Wildman–Crippen MR) is 106 cm³/mol. The second-order valence-electron chi connectivity index (χ2n) is 7.27. The van der Waals surface area contributed by atoms with Crippen LogP contribution in [0, 0.1) is 0 Å². The molecule has 0 spiro atoms. The lowest BCUT2D eigenvalue weighted by atomic mass is 9.97. The van der Waals surface area contributed by atoms with Crippen LogP contribution in [-0.2, 0) is 4.79 Å². The van der Waals surface area contributed by atoms with Gasteiger partial charge in [-0.05, 0) is 18.9 Å². The first-order chi connectivity index (χ1) is 13.1. The molecule has 1 unspecified atom stereocenters. The number of aromatic nitrogens is 3. The predicted octanol–water partition coefficient (Wildman–Crippen LogP) is 2.92. The molecule has 2 aromatic rings. The number of thioether (sulfide) groups is 1. The molecular formula is C19H24N4O3S. The van der Waals surface area contributed by atoms with Crippen molar-refractivity contribution in [3.63, 3.8) is 0 Å². The van der Waals surface area contributed by atoms with Crippen LogP contribution in [0.1, 0.15) is 67.4 Å². The number of carbonyl (C=O) groups excluding carboxylic acids is 1. The van der Waals surface area contributed by atoms with Crippen LogP contribution in [0.25, 0.3) is 0 Å². The Bertz CT molecular complexity index is 937. The van der Waals surface area contributed by atoms with Crippen LogP contribution < -0.4 is 16.4 Å². The SMILES string of the molecule is O=C1CSC(c2ccc[nH]c2=O)c2c(n(C3CCCCCCC3)[nH]c2=O)N1. The number of hydrogen-bond donors (Lipinski definition) is 3. The molecule has 1 amide bonds. The molecule has 3 heterocycles. The highest BCUT2D eigenvalue weighted by molar-refractivity contribution is 8.00. The molecule has 1 atom stereocenters. The lowest BCUT2D eigenvalue weighted by Gasteiger charge is -2.23. The lowest BCUT2D eigenvalue weighted by molar-refractivity contribution is -0.113. The highest BCUT2D eigenvalue weighted by Crippen LogP contribution is 2.40. The molecule has 0 bridgehead atoms. The standard InChI is InChI=1S/C19H24N4O3S/c24-14-11-27-16(13-9-6-10-20-18(13)25)15-17(21-14)23(22-19(15)26)12-7-4-2-1-3-5-8-12/h6,9-10,12,16H,1-5,7-8,11H2,(H,20,25)(H,21,24)(H,22,26). The highest BCUT2D eigenvalue weighted by atomic mass is 32.2. The van der Waals surface area contributed by atoms with Gasteiger partial charge in [0.2, 0.25) is 5.91 Å². The van der Waals surface area contributed by atoms with Crippen molar-refractivity contribution in [2.45, 2.75) is 56.2 Å². The summed E-state index contributed by atoms with van der Waals surface area (Å²) in [5.74, 6) is 0.598. The first-order valence-corrected chi connectivity index (χ1v) is 10.6. The van der Waals surface area contributed by atoms with Gasteiger partial charge in [-0.3, -0.25) is 24.2 Å². The number of aromatic amines is 2. The van der Waals surface area contributed by atoms with Gasteiger partial charge in [-0.25, -0.2) is 0 Å². The molecule has 2 aromatic heterocycles. The van der Waals surface area contributed by atoms with Gasteiger partial charge in [0.15, 0.2) is 0 Å². The summed E-state index contributed by atoms with van der Waals surface area (Å²) in [6, 6.07) is 3.64. The fourth-order valence-corrected chi connectivity index (χ4v) is 5.24. The summed E-state index contributed by atoms with van der Waals surface area (Å²) >= 11 is 1.32. The smallest absolute Gasteiger partial charge is 0.270 e. The van der Waals surface area contributed by atoms with Crippen LogP contribution >= 0.6 is 11.8 Å². The van der Waals surface area contributed by atoms with Gasteiger partial charge in [0.25, 0.3) is 11.1 Å². The zero-order valence-electron chi connectivity index (χ0n) is 15.1. The summed E-state index contributed by atoms with van der Waals surface area (Å²) in [7, 11) is 0. The van der Waals surface area contributed by atoms with E-state index >= 15 is 0 Å². The van der Waals surface area contributed by atoms with E-state index in [1.807, 2.05) is 4.68 Å². The maximum absolute atomic E-state index is 12.9. The number of H-pyrrole nitrogens is 2. The van der Waals surface area contributed by atoms with E-state index in [-0.39, 0.29) is 28.8 Å². The fourth-order valence-electron chi connectivity index (χ4n) is 4.10. The number of fused-ring (bicyclic) bond motifs is 1. The van der Waals surface area contributed by atoms with Crippen molar-refractivity contribution in [2.75, 3.05) is 11.1 Å². The Balaban J connectivity index is 1.81. The van der Waals surface area contributed by atoms with Crippen LogP contribution in [0.2, 0.25) is 0 Å². The van der Waals surface area contributed by atoms with Gasteiger partial charge in [0.05, 0.1) is 22.6 Å². The molecule has 0 saturated heterocycles. The Morgan fingerprint density at radius 2 is 1.74 bits per heavy atom. The van der Waals surface area contributed by atoms with Crippen molar-refractivity contribution in [2.24, 2.45) is 0 Å². The molecule has 27 heavy (non-hydrogen) atoms. The molecule has 7 nitrogen and oxygen atoms in total. The van der Waals surface area contributed by atoms with Crippen LogP contribution in [-0.4, -0.2) is 26.4 Å². The molecule has 0 radical (unpaired) electrons. The highest BCUT2D eigenvalue weighted by Gasteiger charge is 2.33. The third-order valence-electron chi connectivity index (χ3n) is 5.43. The van der Waals surface area contributed by atoms with E-state index in [1.165, 1.54) is 31.0 Å². The molecule has 1 fully saturated rings. The first kappa shape index (κ1) is 18.2. The van der Waals surface area contributed by atoms with Crippen molar-refractivity contribution < 1.29 is 4.79 Å². The van der Waals surface area contributed by atoms with Crippen LogP contribution in [0.5, 0.6) is 0 Å². The van der Waals surface area contributed by atoms with Crippen molar-refractivity contribution >= 4 is 23.5 Å². The van der Waals surface area contributed by atoms with Gasteiger partial charge in [-0.1, -0.05) is 38.2 Å². The Morgan fingerprint density at radius 1 is 1.00 bits per heavy atom. The third kappa shape index (κ3) is 3.63. The van der Waals surface area contributed by atoms with Crippen molar-refractivity contribution in [3.05, 3.63) is 50.2 Å². The average molecular weight is 388 g/mol. The Hall–Kier alpha value is -2.22. The summed E-state index contributed by atoms with van der Waals surface area (Å²) in [4.78, 5) is 40.2. The third-order valence-corrected chi connectivity index (χ3v) is 6.69. The van der Waals surface area contributed by atoms with E-state index in [2.05, 4.69) is 15.4 Å². The van der Waals surface area contributed by atoms with Gasteiger partial charge in [-0.2, -0.15) is 0 Å². The summed E-state index contributed by atoms with van der Waals surface area (Å²) in [5.41, 5.74) is 0.522. The van der Waals surface area contributed by atoms with Gasteiger partial charge in [0, 0.05) is 11.8 Å². The van der Waals surface area contributed by atoms with E-state index in [9.17, 15) is 14.4 Å². The monoisotopic (exact) mass is 388 g/mol. The van der Waals surface area contributed by atoms with Crippen LogP contribution in [0.3, 0.4) is 0 Å². The second-order valence-corrected chi connectivity index (χ2v) is 8.36. The quantitative estimate of drug-likeness (QED) is 0.736. The molecule has 144 valence electrons. The van der Waals surface area contributed by atoms with E-state index in [4.69, 9.17) is 0 Å². The van der Waals surface area contributed by atoms with Crippen molar-refractivity contribution in [1.82, 2.24) is 14.8 Å². The number of pyridine rings is 1. The molecule has 1 aliphatic carbocycles. The van der Waals surface area contributed by atoms with Gasteiger partial charge in [0.1, 0.15) is 5.82 Å². The largest absolute Gasteiger partial charge is 0.329 e. The second kappa shape index (κ2) is 7.80. The van der Waals surface area contributed by atoms with Crippen LogP contribution in [0.4, 0.5) is 5.82 Å². The van der Waals surface area contributed by atoms with Gasteiger partial charge in [-0.15, -0.1) is 11.8 Å². The van der Waals surface area contributed by atoms with Crippen LogP contribution in [0.15, 0.2) is 27.9 Å². The molecule has 1 aliphatic heterocycles. The summed E-state index contributed by atoms with van der Waals surface area (Å²) in [6.07, 6.45) is 9.44. The molecule has 4 rings (SSSR count). The van der Waals surface area contributed by atoms with E-state index in [1.54, 1.807) is 18.3 Å². The zero-order valence-corrected chi connectivity index (χ0v) is 15.9. The first-order valence-electron chi connectivity index (χ1n) is 9.58. The topological polar surface area (TPSA) is 99.8 Å². The lowest BCUT2D eigenvalue weighted by Crippen LogP contribution is -2.20. The summed E-state index contributed by atoms with van der Waals surface area (Å²) in [5, 5.41) is 5.42. The number of anilines is 1. The van der Waals surface area contributed by atoms with Gasteiger partial charge >= 0.3 is 0 Å². The maximum atomic E-state index is 12.9. The Labute approximate surface area is 160 Å². The minimum atomic E-state index is -0.470. The van der Waals surface area contributed by atoms with E-state index < -0.39 is 5.25 Å². The number of carbonyl (C=O) groups is 1. The molecule has 3 N–H and O–H groups in total. The Kier molecular flexibility index (Phi) is 5.24. The number of rotatable bonds is 2. The van der Waals surface area contributed by atoms with Gasteiger partial charge < -0.3 is 10.3 Å². The fraction of sp³-hybridized carbons (Fsp3) is 0.526. The van der Waals surface area contributed by atoms with E-state index in [0.29, 0.717) is 16.9 Å². The van der Waals surface area contributed by atoms with Crippen molar-refractivity contribution in [3.8, 4) is 0 Å². The molecule has 8 heteroatoms. The van der Waals surface area contributed by atoms with E-state index in [0.717, 1.165) is 25.7 Å². The molecule has 0 aromatic carbocycles. The number of amides is 1.